The predicted molar refractivity (Wildman–Crippen MR) is 161 cm³/mol. The minimum Gasteiger partial charge on any atom is -0.494 e. The van der Waals surface area contributed by atoms with Gasteiger partial charge >= 0.3 is 6.09 Å². The van der Waals surface area contributed by atoms with E-state index in [1.807, 2.05) is 44.2 Å². The van der Waals surface area contributed by atoms with Crippen molar-refractivity contribution in [2.45, 2.75) is 83.7 Å². The van der Waals surface area contributed by atoms with Crippen molar-refractivity contribution >= 4 is 23.8 Å². The van der Waals surface area contributed by atoms with Crippen LogP contribution in [0.2, 0.25) is 0 Å². The number of nitrogens with one attached hydrogen (secondary N) is 4. The van der Waals surface area contributed by atoms with Gasteiger partial charge in [0.1, 0.15) is 23.4 Å². The van der Waals surface area contributed by atoms with E-state index in [4.69, 9.17) is 9.47 Å². The molecule has 2 heterocycles. The summed E-state index contributed by atoms with van der Waals surface area (Å²) in [5, 5.41) is 22.1. The molecule has 2 bridgehead atoms. The number of ether oxygens (including phenoxy) is 2. The monoisotopic (exact) mass is 596 g/mol. The quantitative estimate of drug-likeness (QED) is 0.328. The van der Waals surface area contributed by atoms with Gasteiger partial charge in [-0.3, -0.25) is 14.4 Å². The third-order valence-electron chi connectivity index (χ3n) is 6.78. The maximum Gasteiger partial charge on any atom is 0.407 e. The fourth-order valence-corrected chi connectivity index (χ4v) is 4.55. The molecule has 2 aromatic carbocycles. The number of rotatable bonds is 7. The highest BCUT2D eigenvalue weighted by atomic mass is 16.6. The van der Waals surface area contributed by atoms with E-state index in [-0.39, 0.29) is 24.7 Å². The highest BCUT2D eigenvalue weighted by molar-refractivity contribution is 5.93. The van der Waals surface area contributed by atoms with Crippen molar-refractivity contribution in [1.29, 1.82) is 0 Å². The van der Waals surface area contributed by atoms with E-state index < -0.39 is 47.7 Å². The predicted octanol–water partition coefficient (Wildman–Crippen LogP) is 2.25. The van der Waals surface area contributed by atoms with Crippen molar-refractivity contribution in [3.63, 3.8) is 0 Å². The maximum atomic E-state index is 13.6. The third kappa shape index (κ3) is 10.9. The van der Waals surface area contributed by atoms with E-state index in [1.54, 1.807) is 45.0 Å². The van der Waals surface area contributed by atoms with Gasteiger partial charge in [0.15, 0.2) is 6.10 Å². The third-order valence-corrected chi connectivity index (χ3v) is 6.78. The molecule has 4 atom stereocenters. The average molecular weight is 597 g/mol. The van der Waals surface area contributed by atoms with Crippen LogP contribution in [-0.4, -0.2) is 71.9 Å². The molecule has 0 spiro atoms. The summed E-state index contributed by atoms with van der Waals surface area (Å²) < 4.78 is 11.1. The lowest BCUT2D eigenvalue weighted by Crippen LogP contribution is -2.59. The molecule has 0 aliphatic carbocycles. The molecule has 0 aromatic heterocycles. The van der Waals surface area contributed by atoms with Gasteiger partial charge in [0, 0.05) is 13.0 Å². The van der Waals surface area contributed by atoms with E-state index in [2.05, 4.69) is 21.3 Å². The summed E-state index contributed by atoms with van der Waals surface area (Å²) in [4.78, 5) is 52.6. The Morgan fingerprint density at radius 3 is 2.35 bits per heavy atom. The second kappa shape index (κ2) is 15.4. The number of benzene rings is 2. The zero-order valence-corrected chi connectivity index (χ0v) is 25.5. The molecule has 0 radical (unpaired) electrons. The van der Waals surface area contributed by atoms with Crippen LogP contribution in [0.15, 0.2) is 54.6 Å². The molecule has 11 heteroatoms. The summed E-state index contributed by atoms with van der Waals surface area (Å²) in [6.07, 6.45) is -1.72. The number of aliphatic hydroxyl groups is 1. The van der Waals surface area contributed by atoms with Crippen LogP contribution in [0.1, 0.15) is 52.2 Å². The second-order valence-corrected chi connectivity index (χ2v) is 12.0. The second-order valence-electron chi connectivity index (χ2n) is 12.0. The van der Waals surface area contributed by atoms with E-state index in [1.165, 1.54) is 0 Å². The Morgan fingerprint density at radius 1 is 1.05 bits per heavy atom. The Hall–Kier alpha value is -4.12. The summed E-state index contributed by atoms with van der Waals surface area (Å²) in [6.45, 7) is 9.53. The number of hydrogen-bond acceptors (Lipinski definition) is 7. The van der Waals surface area contributed by atoms with Crippen LogP contribution < -0.4 is 26.0 Å². The fourth-order valence-electron chi connectivity index (χ4n) is 4.55. The average Bonchev–Trinajstić information content (AvgIpc) is 2.94. The normalized spacial score (nSPS) is 19.5. The Balaban J connectivity index is 1.86. The lowest BCUT2D eigenvalue weighted by Gasteiger charge is -2.28. The molecule has 2 aliphatic rings. The first-order valence-electron chi connectivity index (χ1n) is 14.6. The minimum atomic E-state index is -1.72. The number of fused-ring (bicyclic) bond motifs is 12. The zero-order valence-electron chi connectivity index (χ0n) is 25.5. The number of amides is 4. The molecule has 2 aromatic rings. The number of aliphatic hydroxyl groups excluding tert-OH is 1. The van der Waals surface area contributed by atoms with Crippen molar-refractivity contribution in [2.75, 3.05) is 13.2 Å². The first-order valence-corrected chi connectivity index (χ1v) is 14.6. The van der Waals surface area contributed by atoms with Gasteiger partial charge in [-0.2, -0.15) is 0 Å². The molecule has 0 saturated heterocycles. The summed E-state index contributed by atoms with van der Waals surface area (Å²) in [7, 11) is 0. The van der Waals surface area contributed by atoms with Gasteiger partial charge in [0.2, 0.25) is 11.8 Å². The van der Waals surface area contributed by atoms with Crippen LogP contribution in [0, 0.1) is 5.92 Å². The van der Waals surface area contributed by atoms with Gasteiger partial charge in [-0.1, -0.05) is 56.3 Å². The van der Waals surface area contributed by atoms with Gasteiger partial charge in [-0.15, -0.1) is 0 Å². The van der Waals surface area contributed by atoms with Crippen molar-refractivity contribution in [3.8, 4) is 5.75 Å². The van der Waals surface area contributed by atoms with E-state index in [0.29, 0.717) is 25.3 Å². The molecule has 2 aliphatic heterocycles. The Morgan fingerprint density at radius 2 is 1.72 bits per heavy atom. The number of carbonyl (C=O) groups excluding carboxylic acids is 4. The fraction of sp³-hybridized carbons (Fsp3) is 0.500. The van der Waals surface area contributed by atoms with Crippen LogP contribution in [0.4, 0.5) is 4.79 Å². The van der Waals surface area contributed by atoms with Crippen LogP contribution in [0.25, 0.3) is 0 Å². The van der Waals surface area contributed by atoms with E-state index >= 15 is 0 Å². The lowest BCUT2D eigenvalue weighted by molar-refractivity contribution is -0.136. The maximum absolute atomic E-state index is 13.6. The molecule has 0 fully saturated rings. The minimum absolute atomic E-state index is 0.0832. The Kier molecular flexibility index (Phi) is 11.9. The molecule has 0 saturated carbocycles. The first kappa shape index (κ1) is 33.4. The van der Waals surface area contributed by atoms with Crippen LogP contribution in [0.3, 0.4) is 0 Å². The van der Waals surface area contributed by atoms with Gasteiger partial charge < -0.3 is 35.8 Å². The molecule has 234 valence electrons. The number of carbonyl (C=O) groups is 4. The highest BCUT2D eigenvalue weighted by Gasteiger charge is 2.34. The lowest BCUT2D eigenvalue weighted by atomic mass is 9.99. The number of alkyl carbamates (subject to hydrolysis) is 1. The van der Waals surface area contributed by atoms with Gasteiger partial charge in [0.25, 0.3) is 5.91 Å². The summed E-state index contributed by atoms with van der Waals surface area (Å²) in [5.41, 5.74) is 0.711. The largest absolute Gasteiger partial charge is 0.494 e. The van der Waals surface area contributed by atoms with Crippen LogP contribution in [0.5, 0.6) is 5.75 Å². The van der Waals surface area contributed by atoms with Crippen molar-refractivity contribution < 1.29 is 33.8 Å². The topological polar surface area (TPSA) is 155 Å². The Labute approximate surface area is 253 Å². The molecule has 5 N–H and O–H groups in total. The van der Waals surface area contributed by atoms with Crippen molar-refractivity contribution in [2.24, 2.45) is 5.92 Å². The van der Waals surface area contributed by atoms with Gasteiger partial charge in [-0.25, -0.2) is 4.79 Å². The molecule has 4 rings (SSSR count). The zero-order chi connectivity index (χ0) is 31.6. The highest BCUT2D eigenvalue weighted by Crippen LogP contribution is 2.16. The van der Waals surface area contributed by atoms with E-state index in [0.717, 1.165) is 11.1 Å². The molecular formula is C32H44N4O7. The smallest absolute Gasteiger partial charge is 0.407 e. The van der Waals surface area contributed by atoms with Gasteiger partial charge in [-0.05, 0) is 62.8 Å². The summed E-state index contributed by atoms with van der Waals surface area (Å²) >= 11 is 0. The SMILES string of the molecule is CC(C)[C@@H]1NC(=O)[C@@H](NC(=O)[C@H](O)[C@H](Cc2ccccc2)NC(=O)OC(C)(C)C)Cc2ccc(cc2)OCCCNC1=O. The molecule has 0 unspecified atom stereocenters. The summed E-state index contributed by atoms with van der Waals surface area (Å²) in [5.74, 6) is -1.37. The van der Waals surface area contributed by atoms with Crippen molar-refractivity contribution in [1.82, 2.24) is 21.3 Å². The van der Waals surface area contributed by atoms with Gasteiger partial charge in [0.05, 0.1) is 12.6 Å². The number of hydrogen-bond donors (Lipinski definition) is 5. The van der Waals surface area contributed by atoms with Crippen LogP contribution in [-0.2, 0) is 32.0 Å². The standard InChI is InChI=1S/C32H44N4O7/c1-20(2)26-29(39)33-16-9-17-42-23-14-12-22(13-15-23)19-25(28(38)36-26)34-30(40)27(37)24(18-21-10-7-6-8-11-21)35-31(41)43-32(3,4)5/h6-8,10-15,20,24-27,37H,9,16-19H2,1-5H3,(H,33,39)(H,34,40)(H,35,41)(H,36,38)/t24-,25-,26-,27+/m0/s1. The molecule has 4 amide bonds. The first-order chi connectivity index (χ1) is 20.3. The van der Waals surface area contributed by atoms with Crippen LogP contribution >= 0.6 is 0 Å². The molecule has 11 nitrogen and oxygen atoms in total. The van der Waals surface area contributed by atoms with Crippen molar-refractivity contribution in [3.05, 3.63) is 65.7 Å². The van der Waals surface area contributed by atoms with E-state index in [9.17, 15) is 24.3 Å². The molecule has 43 heavy (non-hydrogen) atoms. The Bertz CT molecular complexity index is 1230. The summed E-state index contributed by atoms with van der Waals surface area (Å²) in [6, 6.07) is 13.2. The molecular weight excluding hydrogens is 552 g/mol.